The molecule has 9 nitrogen and oxygen atoms in total. The van der Waals surface area contributed by atoms with Crippen molar-refractivity contribution in [2.24, 2.45) is 0 Å². The zero-order valence-corrected chi connectivity index (χ0v) is 11.9. The second kappa shape index (κ2) is 6.04. The van der Waals surface area contributed by atoms with Crippen molar-refractivity contribution in [3.63, 3.8) is 0 Å². The molecule has 0 aliphatic carbocycles. The highest BCUT2D eigenvalue weighted by atomic mass is 16.6. The minimum absolute atomic E-state index is 0.137. The highest BCUT2D eigenvalue weighted by Gasteiger charge is 2.51. The van der Waals surface area contributed by atoms with E-state index in [0.717, 1.165) is 0 Å². The molecule has 1 aromatic rings. The van der Waals surface area contributed by atoms with Gasteiger partial charge in [0.25, 0.3) is 5.91 Å². The van der Waals surface area contributed by atoms with Crippen LogP contribution < -0.4 is 9.80 Å². The molecule has 1 aromatic carbocycles. The highest BCUT2D eigenvalue weighted by Crippen LogP contribution is 2.35. The SMILES string of the molecule is O=C1[C@@H](C2O[C@H](CO)[C@@H](O)[C@H](O)[C@H]2O)Oc2ccccc2N1O. The fraction of sp³-hybridized carbons (Fsp3) is 0.500. The first-order valence-corrected chi connectivity index (χ1v) is 7.04. The summed E-state index contributed by atoms with van der Waals surface area (Å²) in [6.07, 6.45) is -8.80. The lowest BCUT2D eigenvalue weighted by Crippen LogP contribution is -2.65. The Hall–Kier alpha value is -1.75. The van der Waals surface area contributed by atoms with E-state index in [0.29, 0.717) is 5.06 Å². The van der Waals surface area contributed by atoms with Gasteiger partial charge in [0.15, 0.2) is 0 Å². The Bertz CT molecular complexity index is 594. The summed E-state index contributed by atoms with van der Waals surface area (Å²) in [7, 11) is 0. The third-order valence-electron chi connectivity index (χ3n) is 4.03. The molecule has 9 heteroatoms. The summed E-state index contributed by atoms with van der Waals surface area (Å²) in [6.45, 7) is -0.623. The largest absolute Gasteiger partial charge is 0.475 e. The Morgan fingerprint density at radius 1 is 1.09 bits per heavy atom. The van der Waals surface area contributed by atoms with Gasteiger partial charge in [-0.2, -0.15) is 5.06 Å². The summed E-state index contributed by atoms with van der Waals surface area (Å²) in [4.78, 5) is 12.3. The minimum atomic E-state index is -1.64. The van der Waals surface area contributed by atoms with Gasteiger partial charge < -0.3 is 29.9 Å². The molecule has 1 saturated heterocycles. The maximum atomic E-state index is 12.3. The van der Waals surface area contributed by atoms with E-state index < -0.39 is 49.1 Å². The van der Waals surface area contributed by atoms with E-state index in [1.54, 1.807) is 12.1 Å². The molecule has 2 aliphatic rings. The Morgan fingerprint density at radius 3 is 2.48 bits per heavy atom. The van der Waals surface area contributed by atoms with Crippen LogP contribution >= 0.6 is 0 Å². The van der Waals surface area contributed by atoms with Crippen molar-refractivity contribution in [1.29, 1.82) is 0 Å². The Morgan fingerprint density at radius 2 is 1.78 bits per heavy atom. The van der Waals surface area contributed by atoms with Crippen LogP contribution in [0.5, 0.6) is 5.75 Å². The van der Waals surface area contributed by atoms with Gasteiger partial charge in [-0.25, -0.2) is 0 Å². The molecule has 126 valence electrons. The van der Waals surface area contributed by atoms with Crippen LogP contribution in [-0.2, 0) is 9.53 Å². The van der Waals surface area contributed by atoms with Crippen molar-refractivity contribution < 1.29 is 39.9 Å². The predicted molar refractivity (Wildman–Crippen MR) is 73.9 cm³/mol. The molecule has 23 heavy (non-hydrogen) atoms. The third-order valence-corrected chi connectivity index (χ3v) is 4.03. The first-order valence-electron chi connectivity index (χ1n) is 7.04. The second-order valence-corrected chi connectivity index (χ2v) is 5.45. The van der Waals surface area contributed by atoms with Gasteiger partial charge >= 0.3 is 0 Å². The highest BCUT2D eigenvalue weighted by molar-refractivity contribution is 5.98. The summed E-state index contributed by atoms with van der Waals surface area (Å²) in [5, 5.41) is 49.2. The number of amides is 1. The van der Waals surface area contributed by atoms with E-state index in [9.17, 15) is 30.4 Å². The fourth-order valence-electron chi connectivity index (χ4n) is 2.75. The number of hydroxylamine groups is 1. The van der Waals surface area contributed by atoms with Crippen LogP contribution in [0, 0.1) is 0 Å². The van der Waals surface area contributed by atoms with Crippen LogP contribution in [0.25, 0.3) is 0 Å². The van der Waals surface area contributed by atoms with E-state index >= 15 is 0 Å². The number of benzene rings is 1. The van der Waals surface area contributed by atoms with Gasteiger partial charge in [0.05, 0.1) is 6.61 Å². The summed E-state index contributed by atoms with van der Waals surface area (Å²) < 4.78 is 10.8. The van der Waals surface area contributed by atoms with Crippen LogP contribution in [0.3, 0.4) is 0 Å². The van der Waals surface area contributed by atoms with E-state index in [1.807, 2.05) is 0 Å². The number of anilines is 1. The molecule has 2 aliphatic heterocycles. The van der Waals surface area contributed by atoms with Crippen LogP contribution in [0.4, 0.5) is 5.69 Å². The lowest BCUT2D eigenvalue weighted by Gasteiger charge is -2.43. The molecule has 3 rings (SSSR count). The number of para-hydroxylation sites is 2. The molecule has 0 aromatic heterocycles. The van der Waals surface area contributed by atoms with Gasteiger partial charge in [-0.15, -0.1) is 0 Å². The molecule has 2 heterocycles. The van der Waals surface area contributed by atoms with E-state index in [1.165, 1.54) is 12.1 Å². The Balaban J connectivity index is 1.90. The molecule has 0 bridgehead atoms. The number of carbonyl (C=O) groups excluding carboxylic acids is 1. The lowest BCUT2D eigenvalue weighted by atomic mass is 9.91. The summed E-state index contributed by atoms with van der Waals surface area (Å²) in [6, 6.07) is 6.22. The maximum Gasteiger partial charge on any atom is 0.294 e. The molecule has 6 atom stereocenters. The number of fused-ring (bicyclic) bond motifs is 1. The van der Waals surface area contributed by atoms with Crippen molar-refractivity contribution in [3.8, 4) is 5.75 Å². The molecule has 1 unspecified atom stereocenters. The molecule has 0 spiro atoms. The number of hydrogen-bond donors (Lipinski definition) is 5. The van der Waals surface area contributed by atoms with Gasteiger partial charge in [0, 0.05) is 0 Å². The smallest absolute Gasteiger partial charge is 0.294 e. The summed E-state index contributed by atoms with van der Waals surface area (Å²) >= 11 is 0. The van der Waals surface area contributed by atoms with Crippen LogP contribution in [0.2, 0.25) is 0 Å². The number of carbonyl (C=O) groups is 1. The van der Waals surface area contributed by atoms with E-state index in [4.69, 9.17) is 9.47 Å². The quantitative estimate of drug-likeness (QED) is 0.393. The van der Waals surface area contributed by atoms with Gasteiger partial charge in [0.2, 0.25) is 6.10 Å². The van der Waals surface area contributed by atoms with E-state index in [-0.39, 0.29) is 11.4 Å². The zero-order chi connectivity index (χ0) is 16.7. The number of aliphatic hydroxyl groups is 4. The average molecular weight is 327 g/mol. The third kappa shape index (κ3) is 2.57. The Kier molecular flexibility index (Phi) is 4.23. The number of hydrogen-bond acceptors (Lipinski definition) is 8. The van der Waals surface area contributed by atoms with Gasteiger partial charge in [0.1, 0.15) is 42.0 Å². The molecular formula is C14H17NO8. The van der Waals surface area contributed by atoms with Crippen molar-refractivity contribution in [3.05, 3.63) is 24.3 Å². The number of nitrogens with zero attached hydrogens (tertiary/aromatic N) is 1. The summed E-state index contributed by atoms with van der Waals surface area (Å²) in [5.41, 5.74) is 0.137. The van der Waals surface area contributed by atoms with Crippen molar-refractivity contribution >= 4 is 11.6 Å². The molecule has 0 radical (unpaired) electrons. The lowest BCUT2D eigenvalue weighted by molar-refractivity contribution is -0.245. The average Bonchev–Trinajstić information content (AvgIpc) is 2.57. The molecule has 1 amide bonds. The minimum Gasteiger partial charge on any atom is -0.475 e. The number of rotatable bonds is 2. The standard InChI is InChI=1S/C14H17NO8/c16-5-8-9(17)10(18)11(19)12(23-8)13-14(20)15(21)6-3-1-2-4-7(6)22-13/h1-4,8-13,16-19,21H,5H2/t8-,9-,10+,11-,12?,13-/m1/s1. The number of aliphatic hydroxyl groups excluding tert-OH is 4. The molecule has 5 N–H and O–H groups in total. The van der Waals surface area contributed by atoms with Gasteiger partial charge in [-0.3, -0.25) is 10.0 Å². The predicted octanol–water partition coefficient (Wildman–Crippen LogP) is -1.99. The first-order chi connectivity index (χ1) is 11.0. The fourth-order valence-corrected chi connectivity index (χ4v) is 2.75. The maximum absolute atomic E-state index is 12.3. The monoisotopic (exact) mass is 327 g/mol. The van der Waals surface area contributed by atoms with Crippen LogP contribution in [0.1, 0.15) is 0 Å². The van der Waals surface area contributed by atoms with Crippen LogP contribution in [0.15, 0.2) is 24.3 Å². The topological polar surface area (TPSA) is 140 Å². The molecule has 1 fully saturated rings. The molecule has 0 saturated carbocycles. The van der Waals surface area contributed by atoms with Gasteiger partial charge in [-0.1, -0.05) is 12.1 Å². The van der Waals surface area contributed by atoms with Crippen molar-refractivity contribution in [2.75, 3.05) is 11.7 Å². The summed E-state index contributed by atoms with van der Waals surface area (Å²) in [5.74, 6) is -0.704. The Labute approximate surface area is 130 Å². The normalized spacial score (nSPS) is 37.3. The second-order valence-electron chi connectivity index (χ2n) is 5.45. The first kappa shape index (κ1) is 16.1. The van der Waals surface area contributed by atoms with Crippen molar-refractivity contribution in [1.82, 2.24) is 0 Å². The van der Waals surface area contributed by atoms with Crippen molar-refractivity contribution in [2.45, 2.75) is 36.6 Å². The van der Waals surface area contributed by atoms with E-state index in [2.05, 4.69) is 0 Å². The zero-order valence-electron chi connectivity index (χ0n) is 11.9. The molecular weight excluding hydrogens is 310 g/mol. The van der Waals surface area contributed by atoms with Crippen LogP contribution in [-0.4, -0.2) is 74.8 Å². The number of ether oxygens (including phenoxy) is 2. The van der Waals surface area contributed by atoms with Gasteiger partial charge in [-0.05, 0) is 12.1 Å².